The number of pyridine rings is 1. The van der Waals surface area contributed by atoms with E-state index in [0.717, 1.165) is 34.4 Å². The molecular weight excluding hydrogens is 318 g/mol. The van der Waals surface area contributed by atoms with Gasteiger partial charge in [0.2, 0.25) is 0 Å². The van der Waals surface area contributed by atoms with Crippen LogP contribution in [0.3, 0.4) is 0 Å². The highest BCUT2D eigenvalue weighted by atomic mass is 16.5. The van der Waals surface area contributed by atoms with Gasteiger partial charge in [0.15, 0.2) is 11.5 Å². The maximum absolute atomic E-state index is 9.64. The van der Waals surface area contributed by atoms with E-state index in [0.29, 0.717) is 36.7 Å². The van der Waals surface area contributed by atoms with Gasteiger partial charge in [-0.1, -0.05) is 0 Å². The molecule has 1 atom stereocenters. The summed E-state index contributed by atoms with van der Waals surface area (Å²) in [5.74, 6) is 1.86. The van der Waals surface area contributed by atoms with E-state index in [1.54, 1.807) is 14.2 Å². The van der Waals surface area contributed by atoms with E-state index in [1.165, 1.54) is 0 Å². The molecule has 1 fully saturated rings. The topological polar surface area (TPSA) is 90.4 Å². The summed E-state index contributed by atoms with van der Waals surface area (Å²) in [6.45, 7) is 1.32. The first-order chi connectivity index (χ1) is 12.2. The standard InChI is InChI=1S/C19H19N3O3/c1-23-15-4-3-11-12(18(15)24-2)7-13-16(10-5-6-25-9-10)14(8-20)19(21)22-17(11)13/h3-4,10H,5-7,9H2,1-2H3,(H2,21,22)/t10-/m0/s1. The van der Waals surface area contributed by atoms with Gasteiger partial charge >= 0.3 is 0 Å². The smallest absolute Gasteiger partial charge is 0.164 e. The van der Waals surface area contributed by atoms with Crippen molar-refractivity contribution >= 4 is 5.82 Å². The van der Waals surface area contributed by atoms with E-state index in [4.69, 9.17) is 19.9 Å². The van der Waals surface area contributed by atoms with E-state index < -0.39 is 0 Å². The fourth-order valence-electron chi connectivity index (χ4n) is 3.96. The second-order valence-electron chi connectivity index (χ2n) is 6.29. The molecule has 1 aromatic carbocycles. The maximum atomic E-state index is 9.64. The summed E-state index contributed by atoms with van der Waals surface area (Å²) in [5.41, 5.74) is 11.5. The quantitative estimate of drug-likeness (QED) is 0.790. The highest BCUT2D eigenvalue weighted by molar-refractivity contribution is 5.82. The number of anilines is 1. The number of benzene rings is 1. The third-order valence-electron chi connectivity index (χ3n) is 5.08. The summed E-state index contributed by atoms with van der Waals surface area (Å²) in [6.07, 6.45) is 1.54. The van der Waals surface area contributed by atoms with E-state index in [1.807, 2.05) is 12.1 Å². The lowest BCUT2D eigenvalue weighted by Gasteiger charge is -2.16. The van der Waals surface area contributed by atoms with Gasteiger partial charge in [0.1, 0.15) is 11.9 Å². The average molecular weight is 337 g/mol. The third kappa shape index (κ3) is 2.24. The molecule has 0 saturated carbocycles. The fourth-order valence-corrected chi connectivity index (χ4v) is 3.96. The van der Waals surface area contributed by atoms with Gasteiger partial charge in [0.05, 0.1) is 32.1 Å². The molecule has 1 aliphatic heterocycles. The predicted molar refractivity (Wildman–Crippen MR) is 92.9 cm³/mol. The van der Waals surface area contributed by atoms with Gasteiger partial charge in [-0.25, -0.2) is 4.98 Å². The molecule has 1 aromatic heterocycles. The molecule has 25 heavy (non-hydrogen) atoms. The molecule has 0 amide bonds. The molecule has 128 valence electrons. The molecule has 2 heterocycles. The maximum Gasteiger partial charge on any atom is 0.164 e. The molecule has 2 aliphatic rings. The van der Waals surface area contributed by atoms with Gasteiger partial charge in [-0.05, 0) is 29.7 Å². The zero-order chi connectivity index (χ0) is 17.6. The number of aromatic nitrogens is 1. The van der Waals surface area contributed by atoms with Crippen LogP contribution in [-0.2, 0) is 11.2 Å². The van der Waals surface area contributed by atoms with Crippen LogP contribution in [0.4, 0.5) is 5.82 Å². The molecule has 1 aliphatic carbocycles. The fraction of sp³-hybridized carbons (Fsp3) is 0.368. The number of rotatable bonds is 3. The number of nitrogen functional groups attached to an aromatic ring is 1. The van der Waals surface area contributed by atoms with Crippen molar-refractivity contribution < 1.29 is 14.2 Å². The Hall–Kier alpha value is -2.78. The van der Waals surface area contributed by atoms with Crippen LogP contribution in [0.25, 0.3) is 11.3 Å². The summed E-state index contributed by atoms with van der Waals surface area (Å²) < 4.78 is 16.6. The average Bonchev–Trinajstić information content (AvgIpc) is 3.27. The Morgan fingerprint density at radius 2 is 2.12 bits per heavy atom. The first kappa shape index (κ1) is 15.7. The first-order valence-electron chi connectivity index (χ1n) is 8.23. The number of ether oxygens (including phenoxy) is 3. The van der Waals surface area contributed by atoms with Crippen LogP contribution in [-0.4, -0.2) is 32.4 Å². The molecule has 4 rings (SSSR count). The van der Waals surface area contributed by atoms with Crippen molar-refractivity contribution in [2.24, 2.45) is 0 Å². The van der Waals surface area contributed by atoms with Gasteiger partial charge in [-0.3, -0.25) is 0 Å². The van der Waals surface area contributed by atoms with Gasteiger partial charge in [0, 0.05) is 30.1 Å². The highest BCUT2D eigenvalue weighted by Crippen LogP contribution is 2.48. The number of hydrogen-bond acceptors (Lipinski definition) is 6. The van der Waals surface area contributed by atoms with Gasteiger partial charge in [0.25, 0.3) is 0 Å². The zero-order valence-corrected chi connectivity index (χ0v) is 14.3. The van der Waals surface area contributed by atoms with Crippen LogP contribution in [0.15, 0.2) is 12.1 Å². The molecule has 0 radical (unpaired) electrons. The van der Waals surface area contributed by atoms with E-state index >= 15 is 0 Å². The molecule has 0 spiro atoms. The largest absolute Gasteiger partial charge is 0.493 e. The van der Waals surface area contributed by atoms with Crippen LogP contribution in [0.5, 0.6) is 11.5 Å². The van der Waals surface area contributed by atoms with Crippen molar-refractivity contribution in [3.8, 4) is 28.8 Å². The van der Waals surface area contributed by atoms with E-state index in [9.17, 15) is 5.26 Å². The molecule has 6 heteroatoms. The van der Waals surface area contributed by atoms with Crippen LogP contribution < -0.4 is 15.2 Å². The predicted octanol–water partition coefficient (Wildman–Crippen LogP) is 2.63. The molecule has 0 bridgehead atoms. The Bertz CT molecular complexity index is 896. The molecule has 6 nitrogen and oxygen atoms in total. The minimum absolute atomic E-state index is 0.177. The van der Waals surface area contributed by atoms with Crippen molar-refractivity contribution in [2.75, 3.05) is 33.2 Å². The van der Waals surface area contributed by atoms with Crippen molar-refractivity contribution in [3.05, 3.63) is 34.4 Å². The lowest BCUT2D eigenvalue weighted by atomic mass is 9.89. The number of nitrogens with zero attached hydrogens (tertiary/aromatic N) is 2. The Morgan fingerprint density at radius 1 is 1.28 bits per heavy atom. The summed E-state index contributed by atoms with van der Waals surface area (Å²) in [7, 11) is 3.26. The Balaban J connectivity index is 1.96. The van der Waals surface area contributed by atoms with E-state index in [2.05, 4.69) is 11.1 Å². The van der Waals surface area contributed by atoms with Gasteiger partial charge in [-0.2, -0.15) is 5.26 Å². The van der Waals surface area contributed by atoms with Crippen LogP contribution in [0, 0.1) is 11.3 Å². The Morgan fingerprint density at radius 3 is 2.76 bits per heavy atom. The number of methoxy groups -OCH3 is 2. The SMILES string of the molecule is COc1ccc2c(c1OC)Cc1c-2nc(N)c(C#N)c1[C@H]1CCOC1. The van der Waals surface area contributed by atoms with Crippen LogP contribution >= 0.6 is 0 Å². The third-order valence-corrected chi connectivity index (χ3v) is 5.08. The van der Waals surface area contributed by atoms with Crippen molar-refractivity contribution in [3.63, 3.8) is 0 Å². The zero-order valence-electron chi connectivity index (χ0n) is 14.3. The van der Waals surface area contributed by atoms with Crippen molar-refractivity contribution in [2.45, 2.75) is 18.8 Å². The first-order valence-corrected chi connectivity index (χ1v) is 8.23. The minimum atomic E-state index is 0.177. The number of nitriles is 1. The molecule has 2 aromatic rings. The van der Waals surface area contributed by atoms with Crippen LogP contribution in [0.2, 0.25) is 0 Å². The normalized spacial score (nSPS) is 17.7. The van der Waals surface area contributed by atoms with E-state index in [-0.39, 0.29) is 11.7 Å². The number of hydrogen-bond donors (Lipinski definition) is 1. The number of nitrogens with two attached hydrogens (primary N) is 1. The van der Waals surface area contributed by atoms with Crippen molar-refractivity contribution in [1.82, 2.24) is 4.98 Å². The Kier molecular flexibility index (Phi) is 3.74. The second kappa shape index (κ2) is 5.94. The lowest BCUT2D eigenvalue weighted by Crippen LogP contribution is -2.10. The molecule has 2 N–H and O–H groups in total. The lowest BCUT2D eigenvalue weighted by molar-refractivity contribution is 0.194. The summed E-state index contributed by atoms with van der Waals surface area (Å²) >= 11 is 0. The van der Waals surface area contributed by atoms with Crippen LogP contribution in [0.1, 0.15) is 34.6 Å². The molecule has 0 unspecified atom stereocenters. The summed E-state index contributed by atoms with van der Waals surface area (Å²) in [4.78, 5) is 4.55. The highest BCUT2D eigenvalue weighted by Gasteiger charge is 2.34. The Labute approximate surface area is 146 Å². The van der Waals surface area contributed by atoms with Gasteiger partial charge in [-0.15, -0.1) is 0 Å². The summed E-state index contributed by atoms with van der Waals surface area (Å²) in [5, 5.41) is 9.64. The van der Waals surface area contributed by atoms with Gasteiger partial charge < -0.3 is 19.9 Å². The summed E-state index contributed by atoms with van der Waals surface area (Å²) in [6, 6.07) is 6.11. The molecular formula is C19H19N3O3. The monoisotopic (exact) mass is 337 g/mol. The minimum Gasteiger partial charge on any atom is -0.493 e. The second-order valence-corrected chi connectivity index (χ2v) is 6.29. The molecule has 1 saturated heterocycles. The van der Waals surface area contributed by atoms with Crippen molar-refractivity contribution in [1.29, 1.82) is 5.26 Å². The number of fused-ring (bicyclic) bond motifs is 3.